The Morgan fingerprint density at radius 1 is 1.64 bits per heavy atom. The summed E-state index contributed by atoms with van der Waals surface area (Å²) in [4.78, 5) is 1.87. The summed E-state index contributed by atoms with van der Waals surface area (Å²) < 4.78 is 0.485. The summed E-state index contributed by atoms with van der Waals surface area (Å²) >= 11 is 9.60. The van der Waals surface area contributed by atoms with Crippen LogP contribution in [0.25, 0.3) is 0 Å². The van der Waals surface area contributed by atoms with Crippen LogP contribution in [0.3, 0.4) is 0 Å². The van der Waals surface area contributed by atoms with Crippen molar-refractivity contribution in [1.29, 1.82) is 0 Å². The average Bonchev–Trinajstić information content (AvgIpc) is 1.88. The molecule has 0 aliphatic carbocycles. The van der Waals surface area contributed by atoms with Gasteiger partial charge in [-0.2, -0.15) is 0 Å². The number of hydrogen-bond donors (Lipinski definition) is 1. The van der Waals surface area contributed by atoms with E-state index in [4.69, 9.17) is 24.8 Å². The van der Waals surface area contributed by atoms with Gasteiger partial charge in [-0.25, -0.2) is 0 Å². The second kappa shape index (κ2) is 5.67. The van der Waals surface area contributed by atoms with E-state index in [2.05, 4.69) is 0 Å². The molecule has 1 unspecified atom stereocenters. The van der Waals surface area contributed by atoms with Crippen LogP contribution < -0.4 is 29.6 Å². The van der Waals surface area contributed by atoms with Crippen LogP contribution in [0, 0.1) is 0 Å². The predicted octanol–water partition coefficient (Wildman–Crippen LogP) is -2.72. The molecule has 1 fully saturated rings. The minimum absolute atomic E-state index is 0. The summed E-state index contributed by atoms with van der Waals surface area (Å²) in [7, 11) is 0. The van der Waals surface area contributed by atoms with Gasteiger partial charge in [0.2, 0.25) is 0 Å². The molecular formula is C6H10NNaOS2. The first-order valence-corrected chi connectivity index (χ1v) is 4.16. The molecule has 1 aliphatic rings. The summed E-state index contributed by atoms with van der Waals surface area (Å²) in [5, 5.41) is 9.18. The van der Waals surface area contributed by atoms with Crippen molar-refractivity contribution in [2.45, 2.75) is 18.9 Å². The van der Waals surface area contributed by atoms with Gasteiger partial charge in [-0.1, -0.05) is 4.32 Å². The molecule has 0 amide bonds. The fourth-order valence-corrected chi connectivity index (χ4v) is 1.45. The molecule has 1 saturated heterocycles. The molecule has 0 spiro atoms. The molecule has 0 aromatic rings. The summed E-state index contributed by atoms with van der Waals surface area (Å²) in [6.07, 6.45) is 1.65. The molecule has 0 aromatic heterocycles. The molecule has 5 heteroatoms. The molecule has 11 heavy (non-hydrogen) atoms. The minimum Gasteiger partial charge on any atom is -0.411 e. The number of aliphatic hydroxyl groups excluding tert-OH is 1. The van der Waals surface area contributed by atoms with Gasteiger partial charge in [0, 0.05) is 13.1 Å². The van der Waals surface area contributed by atoms with E-state index in [1.54, 1.807) is 0 Å². The van der Waals surface area contributed by atoms with Gasteiger partial charge in [0.05, 0.1) is 6.10 Å². The van der Waals surface area contributed by atoms with E-state index >= 15 is 0 Å². The summed E-state index contributed by atoms with van der Waals surface area (Å²) in [5.41, 5.74) is 0. The van der Waals surface area contributed by atoms with Crippen molar-refractivity contribution in [3.05, 3.63) is 0 Å². The average molecular weight is 199 g/mol. The van der Waals surface area contributed by atoms with Crippen molar-refractivity contribution in [2.75, 3.05) is 13.1 Å². The molecule has 58 valence electrons. The van der Waals surface area contributed by atoms with E-state index in [-0.39, 0.29) is 35.7 Å². The van der Waals surface area contributed by atoms with E-state index in [9.17, 15) is 5.11 Å². The largest absolute Gasteiger partial charge is 1.00 e. The number of aliphatic hydroxyl groups is 1. The zero-order chi connectivity index (χ0) is 7.56. The van der Waals surface area contributed by atoms with Crippen molar-refractivity contribution >= 4 is 29.2 Å². The maximum Gasteiger partial charge on any atom is 1.00 e. The van der Waals surface area contributed by atoms with Gasteiger partial charge in [-0.3, -0.25) is 0 Å². The van der Waals surface area contributed by atoms with Gasteiger partial charge in [0.15, 0.2) is 0 Å². The van der Waals surface area contributed by atoms with Crippen LogP contribution in [0.15, 0.2) is 0 Å². The van der Waals surface area contributed by atoms with E-state index in [0.29, 0.717) is 10.9 Å². The van der Waals surface area contributed by atoms with Crippen molar-refractivity contribution in [1.82, 2.24) is 4.90 Å². The fraction of sp³-hybridized carbons (Fsp3) is 0.833. The van der Waals surface area contributed by atoms with Crippen LogP contribution >= 0.6 is 12.2 Å². The molecule has 1 heterocycles. The van der Waals surface area contributed by atoms with Gasteiger partial charge >= 0.3 is 29.6 Å². The van der Waals surface area contributed by atoms with Gasteiger partial charge < -0.3 is 34.9 Å². The van der Waals surface area contributed by atoms with Crippen LogP contribution in [0.4, 0.5) is 0 Å². The van der Waals surface area contributed by atoms with E-state index in [1.165, 1.54) is 0 Å². The van der Waals surface area contributed by atoms with Crippen LogP contribution in [-0.4, -0.2) is 33.5 Å². The van der Waals surface area contributed by atoms with Crippen molar-refractivity contribution < 1.29 is 34.7 Å². The number of β-amino-alcohol motifs (C(OH)–C–C–N with tert-alkyl or cyclic N) is 1. The smallest absolute Gasteiger partial charge is 0.411 e. The molecule has 0 aromatic carbocycles. The number of rotatable bonds is 0. The van der Waals surface area contributed by atoms with Gasteiger partial charge in [-0.15, -0.1) is 0 Å². The molecule has 0 bridgehead atoms. The minimum atomic E-state index is -0.227. The SMILES string of the molecule is OC1CCCN(C(=S)[S-])C1.[Na+]. The quantitative estimate of drug-likeness (QED) is 0.260. The third-order valence-corrected chi connectivity index (χ3v) is 2.17. The molecule has 2 nitrogen and oxygen atoms in total. The van der Waals surface area contributed by atoms with E-state index < -0.39 is 0 Å². The Hall–Kier alpha value is 1.07. The first kappa shape index (κ1) is 12.1. The number of thiocarbonyl (C=S) groups is 1. The normalized spacial score (nSPS) is 24.1. The molecule has 1 aliphatic heterocycles. The summed E-state index contributed by atoms with van der Waals surface area (Å²) in [5.74, 6) is 0. The third-order valence-electron chi connectivity index (χ3n) is 1.65. The standard InChI is InChI=1S/C6H11NOS2.Na/c8-5-2-1-3-7(4-5)6(9)10;/h5,8H,1-4H2,(H,9,10);/q;+1/p-1. The third kappa shape index (κ3) is 4.01. The Labute approximate surface area is 100 Å². The number of likely N-dealkylation sites (tertiary alicyclic amines) is 1. The molecule has 1 atom stereocenters. The first-order chi connectivity index (χ1) is 4.70. The molecule has 1 rings (SSSR count). The van der Waals surface area contributed by atoms with E-state index in [0.717, 1.165) is 19.4 Å². The number of nitrogens with zero attached hydrogens (tertiary/aromatic N) is 1. The van der Waals surface area contributed by atoms with Crippen LogP contribution in [-0.2, 0) is 12.6 Å². The second-order valence-electron chi connectivity index (χ2n) is 2.51. The zero-order valence-electron chi connectivity index (χ0n) is 6.62. The Morgan fingerprint density at radius 3 is 2.64 bits per heavy atom. The molecule has 0 radical (unpaired) electrons. The second-order valence-corrected chi connectivity index (χ2v) is 3.54. The van der Waals surface area contributed by atoms with Crippen molar-refractivity contribution in [3.8, 4) is 0 Å². The number of hydrogen-bond acceptors (Lipinski definition) is 3. The Kier molecular flexibility index (Phi) is 6.22. The van der Waals surface area contributed by atoms with Gasteiger partial charge in [0.25, 0.3) is 0 Å². The summed E-state index contributed by atoms with van der Waals surface area (Å²) in [6.45, 7) is 1.54. The predicted molar refractivity (Wildman–Crippen MR) is 46.8 cm³/mol. The topological polar surface area (TPSA) is 23.5 Å². The monoisotopic (exact) mass is 199 g/mol. The van der Waals surface area contributed by atoms with Crippen LogP contribution in [0.1, 0.15) is 12.8 Å². The Bertz CT molecular complexity index is 145. The molecular weight excluding hydrogens is 189 g/mol. The maximum atomic E-state index is 9.18. The van der Waals surface area contributed by atoms with E-state index in [1.807, 2.05) is 4.90 Å². The fourth-order valence-electron chi connectivity index (χ4n) is 1.12. The Balaban J connectivity index is 0.000001000. The van der Waals surface area contributed by atoms with Crippen molar-refractivity contribution in [2.24, 2.45) is 0 Å². The van der Waals surface area contributed by atoms with Crippen molar-refractivity contribution in [3.63, 3.8) is 0 Å². The number of piperidine rings is 1. The van der Waals surface area contributed by atoms with Gasteiger partial charge in [0.1, 0.15) is 0 Å². The maximum absolute atomic E-state index is 9.18. The summed E-state index contributed by atoms with van der Waals surface area (Å²) in [6, 6.07) is 0. The Morgan fingerprint density at radius 2 is 2.27 bits per heavy atom. The molecule has 0 saturated carbocycles. The zero-order valence-corrected chi connectivity index (χ0v) is 10.2. The van der Waals surface area contributed by atoms with Crippen LogP contribution in [0.2, 0.25) is 0 Å². The van der Waals surface area contributed by atoms with Gasteiger partial charge in [-0.05, 0) is 12.8 Å². The molecule has 1 N–H and O–H groups in total. The van der Waals surface area contributed by atoms with Crippen LogP contribution in [0.5, 0.6) is 0 Å². The first-order valence-electron chi connectivity index (χ1n) is 3.34.